The summed E-state index contributed by atoms with van der Waals surface area (Å²) in [5, 5.41) is 4.01. The average Bonchev–Trinajstić information content (AvgIpc) is 2.13. The largest absolute Gasteiger partial charge is 0.324 e. The lowest BCUT2D eigenvalue weighted by atomic mass is 10.6. The Hall–Kier alpha value is -0.320. The van der Waals surface area contributed by atoms with E-state index >= 15 is 0 Å². The van der Waals surface area contributed by atoms with Gasteiger partial charge in [-0.05, 0) is 6.92 Å². The molecule has 1 rings (SSSR count). The lowest BCUT2D eigenvalue weighted by Gasteiger charge is -1.85. The van der Waals surface area contributed by atoms with Crippen molar-refractivity contribution >= 4 is 24.8 Å². The number of aryl methyl sites for hydroxylation is 2. The van der Waals surface area contributed by atoms with E-state index in [-0.39, 0.29) is 24.8 Å². The van der Waals surface area contributed by atoms with Crippen LogP contribution in [0.2, 0.25) is 0 Å². The average molecular weight is 199 g/mol. The van der Waals surface area contributed by atoms with Crippen LogP contribution >= 0.6 is 24.8 Å². The van der Waals surface area contributed by atoms with E-state index in [1.54, 1.807) is 4.68 Å². The van der Waals surface area contributed by atoms with Crippen molar-refractivity contribution in [3.05, 3.63) is 11.6 Å². The van der Waals surface area contributed by atoms with Crippen LogP contribution in [0, 0.1) is 6.92 Å². The molecule has 0 amide bonds. The van der Waals surface area contributed by atoms with Crippen LogP contribution in [0.15, 0.2) is 0 Å². The molecule has 0 radical (unpaired) electrons. The van der Waals surface area contributed by atoms with Gasteiger partial charge in [0.1, 0.15) is 5.82 Å². The minimum Gasteiger partial charge on any atom is -0.324 e. The Bertz CT molecular complexity index is 191. The number of rotatable bonds is 1. The van der Waals surface area contributed by atoms with Gasteiger partial charge < -0.3 is 5.73 Å². The molecule has 1 aromatic rings. The molecule has 4 nitrogen and oxygen atoms in total. The second-order valence-electron chi connectivity index (χ2n) is 1.90. The highest BCUT2D eigenvalue weighted by atomic mass is 35.5. The summed E-state index contributed by atoms with van der Waals surface area (Å²) >= 11 is 0. The molecule has 0 atom stereocenters. The van der Waals surface area contributed by atoms with Crippen LogP contribution in [0.1, 0.15) is 11.6 Å². The SMILES string of the molecule is Cc1nc(CN)nn1C.Cl.Cl. The Labute approximate surface area is 78.0 Å². The van der Waals surface area contributed by atoms with Crippen molar-refractivity contribution in [2.45, 2.75) is 13.5 Å². The van der Waals surface area contributed by atoms with Gasteiger partial charge >= 0.3 is 0 Å². The number of aromatic nitrogens is 3. The third kappa shape index (κ3) is 3.05. The predicted molar refractivity (Wildman–Crippen MR) is 48.1 cm³/mol. The minimum absolute atomic E-state index is 0. The number of nitrogens with two attached hydrogens (primary N) is 1. The van der Waals surface area contributed by atoms with E-state index in [2.05, 4.69) is 10.1 Å². The molecule has 0 saturated carbocycles. The monoisotopic (exact) mass is 198 g/mol. The molecule has 1 aromatic heterocycles. The Morgan fingerprint density at radius 1 is 1.45 bits per heavy atom. The minimum atomic E-state index is 0. The molecule has 2 N–H and O–H groups in total. The molecule has 0 bridgehead atoms. The van der Waals surface area contributed by atoms with Gasteiger partial charge in [0.05, 0.1) is 6.54 Å². The van der Waals surface area contributed by atoms with Crippen LogP contribution in [-0.4, -0.2) is 14.8 Å². The first-order chi connectivity index (χ1) is 4.24. The first-order valence-electron chi connectivity index (χ1n) is 2.80. The first-order valence-corrected chi connectivity index (χ1v) is 2.80. The summed E-state index contributed by atoms with van der Waals surface area (Å²) in [6.07, 6.45) is 0. The van der Waals surface area contributed by atoms with E-state index in [1.165, 1.54) is 0 Å². The highest BCUT2D eigenvalue weighted by Crippen LogP contribution is 1.91. The van der Waals surface area contributed by atoms with E-state index in [9.17, 15) is 0 Å². The summed E-state index contributed by atoms with van der Waals surface area (Å²) in [4.78, 5) is 4.06. The van der Waals surface area contributed by atoms with Crippen molar-refractivity contribution in [2.75, 3.05) is 0 Å². The molecular formula is C5H12Cl2N4. The zero-order chi connectivity index (χ0) is 6.85. The van der Waals surface area contributed by atoms with Gasteiger partial charge in [0.25, 0.3) is 0 Å². The number of hydrogen-bond donors (Lipinski definition) is 1. The van der Waals surface area contributed by atoms with Crippen molar-refractivity contribution in [2.24, 2.45) is 12.8 Å². The molecule has 1 heterocycles. The van der Waals surface area contributed by atoms with Gasteiger partial charge in [-0.1, -0.05) is 0 Å². The summed E-state index contributed by atoms with van der Waals surface area (Å²) < 4.78 is 1.71. The fourth-order valence-corrected chi connectivity index (χ4v) is 0.613. The van der Waals surface area contributed by atoms with Crippen molar-refractivity contribution in [1.82, 2.24) is 14.8 Å². The summed E-state index contributed by atoms with van der Waals surface area (Å²) in [6.45, 7) is 2.31. The lowest BCUT2D eigenvalue weighted by molar-refractivity contribution is 0.720. The van der Waals surface area contributed by atoms with Gasteiger partial charge in [0.15, 0.2) is 5.82 Å². The van der Waals surface area contributed by atoms with Crippen LogP contribution in [0.3, 0.4) is 0 Å². The molecule has 0 aliphatic heterocycles. The van der Waals surface area contributed by atoms with Crippen LogP contribution in [0.4, 0.5) is 0 Å². The second-order valence-corrected chi connectivity index (χ2v) is 1.90. The molecule has 0 fully saturated rings. The molecule has 0 unspecified atom stereocenters. The highest BCUT2D eigenvalue weighted by Gasteiger charge is 1.97. The standard InChI is InChI=1S/C5H10N4.2ClH/c1-4-7-5(3-6)8-9(4)2;;/h3,6H2,1-2H3;2*1H. The molecule has 0 saturated heterocycles. The number of hydrogen-bond acceptors (Lipinski definition) is 3. The maximum absolute atomic E-state index is 5.29. The number of halogens is 2. The fourth-order valence-electron chi connectivity index (χ4n) is 0.613. The van der Waals surface area contributed by atoms with E-state index in [0.29, 0.717) is 12.4 Å². The van der Waals surface area contributed by atoms with E-state index in [4.69, 9.17) is 5.73 Å². The van der Waals surface area contributed by atoms with Gasteiger partial charge in [-0.15, -0.1) is 24.8 Å². The summed E-state index contributed by atoms with van der Waals surface area (Å²) in [6, 6.07) is 0. The number of nitrogens with zero attached hydrogens (tertiary/aromatic N) is 3. The van der Waals surface area contributed by atoms with E-state index in [1.807, 2.05) is 14.0 Å². The molecule has 0 aliphatic carbocycles. The smallest absolute Gasteiger partial charge is 0.164 e. The fraction of sp³-hybridized carbons (Fsp3) is 0.600. The Balaban J connectivity index is 0. The first kappa shape index (κ1) is 13.3. The molecule has 0 aromatic carbocycles. The summed E-state index contributed by atoms with van der Waals surface area (Å²) in [5.74, 6) is 1.60. The van der Waals surface area contributed by atoms with Gasteiger partial charge in [0, 0.05) is 7.05 Å². The molecule has 0 spiro atoms. The molecule has 66 valence electrons. The zero-order valence-corrected chi connectivity index (χ0v) is 8.08. The van der Waals surface area contributed by atoms with Gasteiger partial charge in [-0.25, -0.2) is 4.98 Å². The van der Waals surface area contributed by atoms with Crippen molar-refractivity contribution in [3.63, 3.8) is 0 Å². The topological polar surface area (TPSA) is 56.7 Å². The predicted octanol–water partition coefficient (Wildman–Crippen LogP) is 0.426. The van der Waals surface area contributed by atoms with Crippen LogP contribution < -0.4 is 5.73 Å². The van der Waals surface area contributed by atoms with E-state index in [0.717, 1.165) is 5.82 Å². The van der Waals surface area contributed by atoms with E-state index < -0.39 is 0 Å². The quantitative estimate of drug-likeness (QED) is 0.713. The molecule has 0 aliphatic rings. The Kier molecular flexibility index (Phi) is 6.46. The molecule has 11 heavy (non-hydrogen) atoms. The second kappa shape index (κ2) is 5.35. The normalized spacial score (nSPS) is 8.27. The Morgan fingerprint density at radius 3 is 2.18 bits per heavy atom. The van der Waals surface area contributed by atoms with Crippen molar-refractivity contribution in [1.29, 1.82) is 0 Å². The highest BCUT2D eigenvalue weighted by molar-refractivity contribution is 5.85. The van der Waals surface area contributed by atoms with Crippen LogP contribution in [0.25, 0.3) is 0 Å². The molecular weight excluding hydrogens is 187 g/mol. The van der Waals surface area contributed by atoms with Crippen LogP contribution in [-0.2, 0) is 13.6 Å². The Morgan fingerprint density at radius 2 is 2.00 bits per heavy atom. The van der Waals surface area contributed by atoms with Crippen LogP contribution in [0.5, 0.6) is 0 Å². The van der Waals surface area contributed by atoms with Gasteiger partial charge in [-0.2, -0.15) is 5.10 Å². The lowest BCUT2D eigenvalue weighted by Crippen LogP contribution is -1.99. The third-order valence-corrected chi connectivity index (χ3v) is 1.21. The summed E-state index contributed by atoms with van der Waals surface area (Å²) in [7, 11) is 1.85. The van der Waals surface area contributed by atoms with Gasteiger partial charge in [0.2, 0.25) is 0 Å². The van der Waals surface area contributed by atoms with Crippen molar-refractivity contribution in [3.8, 4) is 0 Å². The van der Waals surface area contributed by atoms with Crippen molar-refractivity contribution < 1.29 is 0 Å². The zero-order valence-electron chi connectivity index (χ0n) is 6.44. The maximum Gasteiger partial charge on any atom is 0.164 e. The maximum atomic E-state index is 5.29. The molecule has 6 heteroatoms. The van der Waals surface area contributed by atoms with Gasteiger partial charge in [-0.3, -0.25) is 4.68 Å². The summed E-state index contributed by atoms with van der Waals surface area (Å²) in [5.41, 5.74) is 5.29. The third-order valence-electron chi connectivity index (χ3n) is 1.21.